The molecule has 3 rings (SSSR count). The molecule has 0 spiro atoms. The summed E-state index contributed by atoms with van der Waals surface area (Å²) in [7, 11) is 1.95. The van der Waals surface area contributed by atoms with E-state index in [0.29, 0.717) is 0 Å². The van der Waals surface area contributed by atoms with Crippen molar-refractivity contribution in [1.82, 2.24) is 19.5 Å². The molecule has 0 N–H and O–H groups in total. The highest BCUT2D eigenvalue weighted by molar-refractivity contribution is 5.75. The van der Waals surface area contributed by atoms with Crippen molar-refractivity contribution < 1.29 is 0 Å². The van der Waals surface area contributed by atoms with Crippen LogP contribution >= 0.6 is 0 Å². The lowest BCUT2D eigenvalue weighted by atomic mass is 10.3. The summed E-state index contributed by atoms with van der Waals surface area (Å²) in [5, 5.41) is 0. The summed E-state index contributed by atoms with van der Waals surface area (Å²) in [5.41, 5.74) is 2.64. The standard InChI is InChI=1S/C12H10N4/c1-16-11-10(6-4-8-14-11)15-12(16)9-5-2-3-7-13-9/h2-8H,1H3. The normalized spacial score (nSPS) is 10.8. The third-order valence-electron chi connectivity index (χ3n) is 2.52. The zero-order valence-corrected chi connectivity index (χ0v) is 8.83. The van der Waals surface area contributed by atoms with Crippen LogP contribution < -0.4 is 0 Å². The van der Waals surface area contributed by atoms with Crippen LogP contribution in [0.4, 0.5) is 0 Å². The molecule has 0 saturated carbocycles. The van der Waals surface area contributed by atoms with Gasteiger partial charge in [-0.1, -0.05) is 6.07 Å². The summed E-state index contributed by atoms with van der Waals surface area (Å²) in [6, 6.07) is 9.63. The fourth-order valence-electron chi connectivity index (χ4n) is 1.75. The Morgan fingerprint density at radius 1 is 1.00 bits per heavy atom. The van der Waals surface area contributed by atoms with Gasteiger partial charge >= 0.3 is 0 Å². The number of hydrogen-bond acceptors (Lipinski definition) is 3. The SMILES string of the molecule is Cn1c(-c2ccccn2)nc2cccnc21. The van der Waals surface area contributed by atoms with Crippen molar-refractivity contribution in [3.8, 4) is 11.5 Å². The maximum atomic E-state index is 4.52. The quantitative estimate of drug-likeness (QED) is 0.617. The first-order chi connectivity index (χ1) is 7.86. The third-order valence-corrected chi connectivity index (χ3v) is 2.52. The molecule has 0 fully saturated rings. The van der Waals surface area contributed by atoms with Crippen LogP contribution in [-0.4, -0.2) is 19.5 Å². The van der Waals surface area contributed by atoms with E-state index >= 15 is 0 Å². The highest BCUT2D eigenvalue weighted by atomic mass is 15.1. The van der Waals surface area contributed by atoms with Gasteiger partial charge in [-0.2, -0.15) is 0 Å². The van der Waals surface area contributed by atoms with E-state index in [-0.39, 0.29) is 0 Å². The fourth-order valence-corrected chi connectivity index (χ4v) is 1.75. The van der Waals surface area contributed by atoms with Gasteiger partial charge in [-0.05, 0) is 24.3 Å². The zero-order chi connectivity index (χ0) is 11.0. The predicted octanol–water partition coefficient (Wildman–Crippen LogP) is 2.03. The second kappa shape index (κ2) is 3.41. The molecule has 0 aliphatic heterocycles. The van der Waals surface area contributed by atoms with Crippen LogP contribution in [0.2, 0.25) is 0 Å². The van der Waals surface area contributed by atoms with Crippen molar-refractivity contribution >= 4 is 11.2 Å². The molecule has 0 saturated heterocycles. The van der Waals surface area contributed by atoms with Gasteiger partial charge in [0.2, 0.25) is 0 Å². The van der Waals surface area contributed by atoms with E-state index in [1.54, 1.807) is 12.4 Å². The number of rotatable bonds is 1. The van der Waals surface area contributed by atoms with Crippen molar-refractivity contribution in [3.05, 3.63) is 42.7 Å². The Labute approximate surface area is 92.6 Å². The largest absolute Gasteiger partial charge is 0.311 e. The summed E-state index contributed by atoms with van der Waals surface area (Å²) in [6.45, 7) is 0. The number of hydrogen-bond donors (Lipinski definition) is 0. The van der Waals surface area contributed by atoms with Gasteiger partial charge in [0.25, 0.3) is 0 Å². The lowest BCUT2D eigenvalue weighted by Crippen LogP contribution is -1.94. The molecule has 0 aliphatic carbocycles. The van der Waals surface area contributed by atoms with Crippen LogP contribution in [0, 0.1) is 0 Å². The van der Waals surface area contributed by atoms with Gasteiger partial charge in [0.15, 0.2) is 11.5 Å². The lowest BCUT2D eigenvalue weighted by Gasteiger charge is -1.99. The van der Waals surface area contributed by atoms with E-state index in [1.807, 2.05) is 41.9 Å². The summed E-state index contributed by atoms with van der Waals surface area (Å²) >= 11 is 0. The molecule has 4 nitrogen and oxygen atoms in total. The average Bonchev–Trinajstić information content (AvgIpc) is 2.69. The highest BCUT2D eigenvalue weighted by Gasteiger charge is 2.10. The van der Waals surface area contributed by atoms with Gasteiger partial charge in [0.05, 0.1) is 0 Å². The Morgan fingerprint density at radius 3 is 2.62 bits per heavy atom. The number of pyridine rings is 2. The van der Waals surface area contributed by atoms with Gasteiger partial charge in [-0.25, -0.2) is 9.97 Å². The average molecular weight is 210 g/mol. The summed E-state index contributed by atoms with van der Waals surface area (Å²) in [4.78, 5) is 13.1. The Morgan fingerprint density at radius 2 is 1.88 bits per heavy atom. The topological polar surface area (TPSA) is 43.6 Å². The van der Waals surface area contributed by atoms with Crippen LogP contribution in [-0.2, 0) is 7.05 Å². The third kappa shape index (κ3) is 1.27. The molecular weight excluding hydrogens is 200 g/mol. The minimum absolute atomic E-state index is 0.842. The van der Waals surface area contributed by atoms with Crippen molar-refractivity contribution in [1.29, 1.82) is 0 Å². The van der Waals surface area contributed by atoms with Crippen LogP contribution in [0.1, 0.15) is 0 Å². The van der Waals surface area contributed by atoms with Gasteiger partial charge in [0.1, 0.15) is 11.2 Å². The Balaban J connectivity index is 2.29. The Bertz CT molecular complexity index is 628. The molecule has 3 aromatic heterocycles. The lowest BCUT2D eigenvalue weighted by molar-refractivity contribution is 0.934. The molecule has 0 aromatic carbocycles. The molecule has 3 heterocycles. The maximum absolute atomic E-state index is 4.52. The first-order valence-electron chi connectivity index (χ1n) is 5.05. The minimum atomic E-state index is 0.842. The number of fused-ring (bicyclic) bond motifs is 1. The first-order valence-corrected chi connectivity index (χ1v) is 5.05. The summed E-state index contributed by atoms with van der Waals surface area (Å²) in [5.74, 6) is 0.842. The fraction of sp³-hybridized carbons (Fsp3) is 0.0833. The molecule has 0 unspecified atom stereocenters. The van der Waals surface area contributed by atoms with E-state index in [9.17, 15) is 0 Å². The molecule has 0 aliphatic rings. The predicted molar refractivity (Wildman–Crippen MR) is 61.7 cm³/mol. The molecule has 0 atom stereocenters. The number of aryl methyl sites for hydroxylation is 1. The number of imidazole rings is 1. The molecular formula is C12H10N4. The Kier molecular flexibility index (Phi) is 1.93. The molecule has 0 amide bonds. The molecule has 4 heteroatoms. The molecule has 3 aromatic rings. The van der Waals surface area contributed by atoms with Crippen LogP contribution in [0.25, 0.3) is 22.7 Å². The van der Waals surface area contributed by atoms with E-state index in [4.69, 9.17) is 0 Å². The van der Waals surface area contributed by atoms with Crippen molar-refractivity contribution in [3.63, 3.8) is 0 Å². The highest BCUT2D eigenvalue weighted by Crippen LogP contribution is 2.19. The zero-order valence-electron chi connectivity index (χ0n) is 8.83. The molecule has 0 bridgehead atoms. The van der Waals surface area contributed by atoms with E-state index in [1.165, 1.54) is 0 Å². The van der Waals surface area contributed by atoms with Gasteiger partial charge in [0, 0.05) is 19.4 Å². The maximum Gasteiger partial charge on any atom is 0.160 e. The molecule has 0 radical (unpaired) electrons. The van der Waals surface area contributed by atoms with E-state index in [0.717, 1.165) is 22.7 Å². The van der Waals surface area contributed by atoms with E-state index < -0.39 is 0 Å². The van der Waals surface area contributed by atoms with Gasteiger partial charge in [-0.15, -0.1) is 0 Å². The first kappa shape index (κ1) is 9.03. The van der Waals surface area contributed by atoms with Crippen molar-refractivity contribution in [2.75, 3.05) is 0 Å². The number of aromatic nitrogens is 4. The van der Waals surface area contributed by atoms with Gasteiger partial charge in [-0.3, -0.25) is 4.98 Å². The smallest absolute Gasteiger partial charge is 0.160 e. The monoisotopic (exact) mass is 210 g/mol. The van der Waals surface area contributed by atoms with Crippen molar-refractivity contribution in [2.45, 2.75) is 0 Å². The van der Waals surface area contributed by atoms with Crippen LogP contribution in [0.5, 0.6) is 0 Å². The van der Waals surface area contributed by atoms with E-state index in [2.05, 4.69) is 15.0 Å². The number of nitrogens with zero attached hydrogens (tertiary/aromatic N) is 4. The summed E-state index contributed by atoms with van der Waals surface area (Å²) in [6.07, 6.45) is 3.54. The van der Waals surface area contributed by atoms with Gasteiger partial charge < -0.3 is 4.57 Å². The second-order valence-electron chi connectivity index (χ2n) is 3.56. The minimum Gasteiger partial charge on any atom is -0.311 e. The van der Waals surface area contributed by atoms with Crippen LogP contribution in [0.15, 0.2) is 42.7 Å². The molecule has 16 heavy (non-hydrogen) atoms. The Hall–Kier alpha value is -2.23. The van der Waals surface area contributed by atoms with Crippen LogP contribution in [0.3, 0.4) is 0 Å². The molecule has 78 valence electrons. The second-order valence-corrected chi connectivity index (χ2v) is 3.56. The summed E-state index contributed by atoms with van der Waals surface area (Å²) < 4.78 is 1.96. The van der Waals surface area contributed by atoms with Crippen molar-refractivity contribution in [2.24, 2.45) is 7.05 Å².